The van der Waals surface area contributed by atoms with Crippen LogP contribution in [-0.4, -0.2) is 37.1 Å². The van der Waals surface area contributed by atoms with Crippen molar-refractivity contribution < 1.29 is 0 Å². The smallest absolute Gasteiger partial charge is 0.0136 e. The fourth-order valence-corrected chi connectivity index (χ4v) is 4.28. The van der Waals surface area contributed by atoms with E-state index in [1.807, 2.05) is 0 Å². The quantitative estimate of drug-likeness (QED) is 0.738. The first-order valence-corrected chi connectivity index (χ1v) is 7.83. The summed E-state index contributed by atoms with van der Waals surface area (Å²) < 4.78 is 0. The summed E-state index contributed by atoms with van der Waals surface area (Å²) in [5.74, 6) is 3.10. The van der Waals surface area contributed by atoms with Gasteiger partial charge in [0.1, 0.15) is 0 Å². The Kier molecular flexibility index (Phi) is 3.72. The van der Waals surface area contributed by atoms with E-state index in [1.54, 1.807) is 0 Å². The van der Waals surface area contributed by atoms with Crippen molar-refractivity contribution in [1.29, 1.82) is 0 Å². The molecular weight excluding hydrogens is 208 g/mol. The third-order valence-electron chi connectivity index (χ3n) is 5.43. The standard InChI is InChI=1S/C15H28N2/c1-2-8-16-9-12-6-7-15(12)17-10-13-4-3-5-14(13)11-17/h12-16H,2-11H2,1H3. The average Bonchev–Trinajstić information content (AvgIpc) is 2.83. The second-order valence-corrected chi connectivity index (χ2v) is 6.51. The topological polar surface area (TPSA) is 15.3 Å². The predicted molar refractivity (Wildman–Crippen MR) is 72.1 cm³/mol. The molecule has 4 atom stereocenters. The minimum absolute atomic E-state index is 0.935. The molecule has 1 saturated heterocycles. The highest BCUT2D eigenvalue weighted by atomic mass is 15.2. The Hall–Kier alpha value is -0.0800. The van der Waals surface area contributed by atoms with Crippen molar-refractivity contribution in [2.45, 2.75) is 51.5 Å². The lowest BCUT2D eigenvalue weighted by Crippen LogP contribution is -2.50. The van der Waals surface area contributed by atoms with E-state index in [4.69, 9.17) is 0 Å². The Balaban J connectivity index is 1.45. The van der Waals surface area contributed by atoms with Gasteiger partial charge < -0.3 is 5.32 Å². The molecule has 0 aromatic heterocycles. The van der Waals surface area contributed by atoms with Gasteiger partial charge in [0.15, 0.2) is 0 Å². The zero-order valence-corrected chi connectivity index (χ0v) is 11.3. The molecule has 2 aliphatic carbocycles. The summed E-state index contributed by atoms with van der Waals surface area (Å²) >= 11 is 0. The number of rotatable bonds is 5. The van der Waals surface area contributed by atoms with E-state index in [-0.39, 0.29) is 0 Å². The zero-order valence-electron chi connectivity index (χ0n) is 11.3. The second-order valence-electron chi connectivity index (χ2n) is 6.51. The number of likely N-dealkylation sites (tertiary alicyclic amines) is 1. The SMILES string of the molecule is CCCNCC1CCC1N1CC2CCCC2C1. The molecule has 2 heteroatoms. The first-order chi connectivity index (χ1) is 8.38. The van der Waals surface area contributed by atoms with Crippen LogP contribution in [0.1, 0.15) is 45.4 Å². The molecule has 1 N–H and O–H groups in total. The largest absolute Gasteiger partial charge is 0.316 e. The maximum Gasteiger partial charge on any atom is 0.0136 e. The summed E-state index contributed by atoms with van der Waals surface area (Å²) in [6, 6.07) is 0.935. The first kappa shape index (κ1) is 12.0. The van der Waals surface area contributed by atoms with Gasteiger partial charge in [-0.05, 0) is 62.9 Å². The van der Waals surface area contributed by atoms with Gasteiger partial charge in [-0.3, -0.25) is 4.90 Å². The van der Waals surface area contributed by atoms with Crippen molar-refractivity contribution in [3.8, 4) is 0 Å². The molecule has 98 valence electrons. The maximum absolute atomic E-state index is 3.61. The molecule has 4 unspecified atom stereocenters. The Labute approximate surface area is 106 Å². The minimum Gasteiger partial charge on any atom is -0.316 e. The van der Waals surface area contributed by atoms with E-state index in [1.165, 1.54) is 64.7 Å². The predicted octanol–water partition coefficient (Wildman–Crippen LogP) is 2.50. The van der Waals surface area contributed by atoms with Crippen LogP contribution < -0.4 is 5.32 Å². The molecule has 17 heavy (non-hydrogen) atoms. The van der Waals surface area contributed by atoms with Crippen LogP contribution in [0, 0.1) is 17.8 Å². The van der Waals surface area contributed by atoms with Gasteiger partial charge in [-0.1, -0.05) is 13.3 Å². The fraction of sp³-hybridized carbons (Fsp3) is 1.00. The molecule has 0 bridgehead atoms. The van der Waals surface area contributed by atoms with Gasteiger partial charge in [0.05, 0.1) is 0 Å². The minimum atomic E-state index is 0.935. The van der Waals surface area contributed by atoms with E-state index < -0.39 is 0 Å². The molecule has 2 saturated carbocycles. The highest BCUT2D eigenvalue weighted by Crippen LogP contribution is 2.42. The van der Waals surface area contributed by atoms with Crippen LogP contribution in [0.15, 0.2) is 0 Å². The van der Waals surface area contributed by atoms with Crippen LogP contribution in [0.5, 0.6) is 0 Å². The van der Waals surface area contributed by atoms with Gasteiger partial charge in [-0.2, -0.15) is 0 Å². The summed E-state index contributed by atoms with van der Waals surface area (Å²) in [6.45, 7) is 7.59. The monoisotopic (exact) mass is 236 g/mol. The van der Waals surface area contributed by atoms with Gasteiger partial charge >= 0.3 is 0 Å². The summed E-state index contributed by atoms with van der Waals surface area (Å²) in [5.41, 5.74) is 0. The maximum atomic E-state index is 3.61. The molecule has 1 heterocycles. The summed E-state index contributed by atoms with van der Waals surface area (Å²) in [5, 5.41) is 3.61. The fourth-order valence-electron chi connectivity index (χ4n) is 4.28. The van der Waals surface area contributed by atoms with Crippen molar-refractivity contribution in [1.82, 2.24) is 10.2 Å². The number of nitrogens with zero attached hydrogens (tertiary/aromatic N) is 1. The van der Waals surface area contributed by atoms with Crippen molar-refractivity contribution in [3.63, 3.8) is 0 Å². The third-order valence-corrected chi connectivity index (χ3v) is 5.43. The molecule has 0 spiro atoms. The second kappa shape index (κ2) is 5.27. The highest BCUT2D eigenvalue weighted by Gasteiger charge is 2.43. The molecule has 0 radical (unpaired) electrons. The Morgan fingerprint density at radius 1 is 1.06 bits per heavy atom. The van der Waals surface area contributed by atoms with E-state index in [2.05, 4.69) is 17.1 Å². The Bertz CT molecular complexity index is 241. The van der Waals surface area contributed by atoms with Crippen LogP contribution >= 0.6 is 0 Å². The van der Waals surface area contributed by atoms with E-state index in [0.717, 1.165) is 23.8 Å². The number of fused-ring (bicyclic) bond motifs is 1. The van der Waals surface area contributed by atoms with Gasteiger partial charge in [-0.25, -0.2) is 0 Å². The molecule has 3 aliphatic rings. The highest BCUT2D eigenvalue weighted by molar-refractivity contribution is 4.97. The van der Waals surface area contributed by atoms with E-state index in [0.29, 0.717) is 0 Å². The summed E-state index contributed by atoms with van der Waals surface area (Å²) in [7, 11) is 0. The van der Waals surface area contributed by atoms with Gasteiger partial charge in [0.25, 0.3) is 0 Å². The molecule has 0 aromatic carbocycles. The lowest BCUT2D eigenvalue weighted by atomic mass is 9.78. The lowest BCUT2D eigenvalue weighted by molar-refractivity contribution is 0.0754. The Morgan fingerprint density at radius 2 is 1.82 bits per heavy atom. The Morgan fingerprint density at radius 3 is 2.41 bits per heavy atom. The average molecular weight is 236 g/mol. The van der Waals surface area contributed by atoms with E-state index >= 15 is 0 Å². The summed E-state index contributed by atoms with van der Waals surface area (Å²) in [6.07, 6.45) is 8.75. The van der Waals surface area contributed by atoms with Crippen LogP contribution in [0.2, 0.25) is 0 Å². The zero-order chi connectivity index (χ0) is 11.7. The van der Waals surface area contributed by atoms with Crippen molar-refractivity contribution >= 4 is 0 Å². The van der Waals surface area contributed by atoms with Crippen molar-refractivity contribution in [3.05, 3.63) is 0 Å². The molecule has 2 nitrogen and oxygen atoms in total. The molecule has 3 fully saturated rings. The number of hydrogen-bond acceptors (Lipinski definition) is 2. The number of hydrogen-bond donors (Lipinski definition) is 1. The molecule has 3 rings (SSSR count). The van der Waals surface area contributed by atoms with Gasteiger partial charge in [-0.15, -0.1) is 0 Å². The van der Waals surface area contributed by atoms with Gasteiger partial charge in [0, 0.05) is 19.1 Å². The lowest BCUT2D eigenvalue weighted by Gasteiger charge is -2.43. The van der Waals surface area contributed by atoms with Crippen LogP contribution in [0.25, 0.3) is 0 Å². The first-order valence-electron chi connectivity index (χ1n) is 7.83. The normalized spacial score (nSPS) is 41.5. The van der Waals surface area contributed by atoms with Crippen LogP contribution in [0.4, 0.5) is 0 Å². The van der Waals surface area contributed by atoms with Crippen molar-refractivity contribution in [2.75, 3.05) is 26.2 Å². The third kappa shape index (κ3) is 2.39. The molecule has 0 amide bonds. The summed E-state index contributed by atoms with van der Waals surface area (Å²) in [4.78, 5) is 2.84. The van der Waals surface area contributed by atoms with Crippen LogP contribution in [0.3, 0.4) is 0 Å². The molecule has 0 aromatic rings. The van der Waals surface area contributed by atoms with Gasteiger partial charge in [0.2, 0.25) is 0 Å². The van der Waals surface area contributed by atoms with Crippen LogP contribution in [-0.2, 0) is 0 Å². The van der Waals surface area contributed by atoms with Crippen molar-refractivity contribution in [2.24, 2.45) is 17.8 Å². The van der Waals surface area contributed by atoms with E-state index in [9.17, 15) is 0 Å². The number of nitrogens with one attached hydrogen (secondary N) is 1. The molecule has 1 aliphatic heterocycles. The molecular formula is C15H28N2.